The van der Waals surface area contributed by atoms with Gasteiger partial charge in [-0.1, -0.05) is 28.1 Å². The molecule has 0 aliphatic carbocycles. The van der Waals surface area contributed by atoms with Crippen LogP contribution in [0.25, 0.3) is 0 Å². The molecule has 1 unspecified atom stereocenters. The molecule has 0 saturated heterocycles. The molecule has 118 valence electrons. The van der Waals surface area contributed by atoms with Crippen LogP contribution in [0.4, 0.5) is 14.5 Å². The third-order valence-corrected chi connectivity index (χ3v) is 4.10. The number of benzene rings is 2. The number of carboxylic acid groups (broad SMARTS) is 1. The molecule has 0 spiro atoms. The van der Waals surface area contributed by atoms with Gasteiger partial charge >= 0.3 is 5.97 Å². The maximum atomic E-state index is 14.1. The molecule has 1 aliphatic heterocycles. The van der Waals surface area contributed by atoms with E-state index in [-0.39, 0.29) is 17.8 Å². The number of hydrazone groups is 1. The lowest BCUT2D eigenvalue weighted by molar-refractivity contribution is -0.129. The Morgan fingerprint density at radius 3 is 2.52 bits per heavy atom. The normalized spacial score (nSPS) is 17.3. The topological polar surface area (TPSA) is 52.9 Å². The van der Waals surface area contributed by atoms with Crippen molar-refractivity contribution in [1.29, 1.82) is 0 Å². The van der Waals surface area contributed by atoms with Crippen LogP contribution in [0.2, 0.25) is 0 Å². The highest BCUT2D eigenvalue weighted by atomic mass is 79.9. The summed E-state index contributed by atoms with van der Waals surface area (Å²) in [5.41, 5.74) is 0.758. The van der Waals surface area contributed by atoms with Crippen LogP contribution in [-0.2, 0) is 4.79 Å². The minimum absolute atomic E-state index is 0.0376. The van der Waals surface area contributed by atoms with E-state index in [9.17, 15) is 18.7 Å². The van der Waals surface area contributed by atoms with Gasteiger partial charge in [-0.25, -0.2) is 13.6 Å². The first kappa shape index (κ1) is 15.6. The Bertz CT molecular complexity index is 793. The van der Waals surface area contributed by atoms with Crippen LogP contribution in [0.15, 0.2) is 52.0 Å². The number of aliphatic carboxylic acids is 1. The molecule has 0 bridgehead atoms. The summed E-state index contributed by atoms with van der Waals surface area (Å²) in [5, 5.41) is 14.5. The van der Waals surface area contributed by atoms with Crippen molar-refractivity contribution in [2.45, 2.75) is 12.5 Å². The Labute approximate surface area is 139 Å². The van der Waals surface area contributed by atoms with E-state index in [1.807, 2.05) is 24.3 Å². The first-order valence-electron chi connectivity index (χ1n) is 6.76. The zero-order chi connectivity index (χ0) is 16.6. The van der Waals surface area contributed by atoms with Gasteiger partial charge in [0.15, 0.2) is 5.82 Å². The zero-order valence-corrected chi connectivity index (χ0v) is 13.3. The molecule has 1 heterocycles. The second kappa shape index (κ2) is 6.08. The van der Waals surface area contributed by atoms with Crippen molar-refractivity contribution in [3.63, 3.8) is 0 Å². The minimum Gasteiger partial charge on any atom is -0.477 e. The van der Waals surface area contributed by atoms with E-state index in [4.69, 9.17) is 0 Å². The highest BCUT2D eigenvalue weighted by Crippen LogP contribution is 2.37. The Morgan fingerprint density at radius 2 is 1.91 bits per heavy atom. The molecule has 2 aromatic rings. The zero-order valence-electron chi connectivity index (χ0n) is 11.7. The first-order chi connectivity index (χ1) is 11.0. The van der Waals surface area contributed by atoms with Crippen molar-refractivity contribution < 1.29 is 18.7 Å². The average molecular weight is 381 g/mol. The SMILES string of the molecule is O=C(O)C1=NN(c2ccc(F)cc2F)C(c2ccc(Br)cc2)C1. The second-order valence-corrected chi connectivity index (χ2v) is 5.98. The molecule has 0 aromatic heterocycles. The molecule has 0 saturated carbocycles. The van der Waals surface area contributed by atoms with E-state index in [1.165, 1.54) is 11.1 Å². The van der Waals surface area contributed by atoms with Crippen molar-refractivity contribution in [3.05, 3.63) is 64.1 Å². The fourth-order valence-electron chi connectivity index (χ4n) is 2.47. The van der Waals surface area contributed by atoms with Crippen molar-refractivity contribution in [1.82, 2.24) is 0 Å². The highest BCUT2D eigenvalue weighted by Gasteiger charge is 2.33. The van der Waals surface area contributed by atoms with E-state index in [1.54, 1.807) is 0 Å². The van der Waals surface area contributed by atoms with E-state index in [0.717, 1.165) is 22.2 Å². The lowest BCUT2D eigenvalue weighted by Gasteiger charge is -2.24. The van der Waals surface area contributed by atoms with Gasteiger partial charge in [0.2, 0.25) is 0 Å². The van der Waals surface area contributed by atoms with Crippen LogP contribution >= 0.6 is 15.9 Å². The van der Waals surface area contributed by atoms with Crippen molar-refractivity contribution in [2.75, 3.05) is 5.01 Å². The van der Waals surface area contributed by atoms with Gasteiger partial charge in [0.05, 0.1) is 11.7 Å². The molecule has 7 heteroatoms. The lowest BCUT2D eigenvalue weighted by Crippen LogP contribution is -2.19. The minimum atomic E-state index is -1.16. The van der Waals surface area contributed by atoms with Crippen LogP contribution in [-0.4, -0.2) is 16.8 Å². The summed E-state index contributed by atoms with van der Waals surface area (Å²) in [6.45, 7) is 0. The molecule has 1 atom stereocenters. The van der Waals surface area contributed by atoms with Crippen LogP contribution < -0.4 is 5.01 Å². The number of carbonyl (C=O) groups is 1. The van der Waals surface area contributed by atoms with E-state index in [0.29, 0.717) is 0 Å². The molecule has 2 aromatic carbocycles. The van der Waals surface area contributed by atoms with Gasteiger partial charge < -0.3 is 5.11 Å². The monoisotopic (exact) mass is 380 g/mol. The number of carboxylic acids is 1. The van der Waals surface area contributed by atoms with Crippen molar-refractivity contribution >= 4 is 33.3 Å². The van der Waals surface area contributed by atoms with Crippen molar-refractivity contribution in [2.24, 2.45) is 5.10 Å². The van der Waals surface area contributed by atoms with Gasteiger partial charge in [-0.15, -0.1) is 0 Å². The van der Waals surface area contributed by atoms with Crippen molar-refractivity contribution in [3.8, 4) is 0 Å². The number of nitrogens with zero attached hydrogens (tertiary/aromatic N) is 2. The Balaban J connectivity index is 2.04. The van der Waals surface area contributed by atoms with Gasteiger partial charge in [-0.05, 0) is 29.8 Å². The summed E-state index contributed by atoms with van der Waals surface area (Å²) in [7, 11) is 0. The van der Waals surface area contributed by atoms with Gasteiger partial charge in [-0.3, -0.25) is 5.01 Å². The molecule has 3 rings (SSSR count). The number of hydrogen-bond donors (Lipinski definition) is 1. The summed E-state index contributed by atoms with van der Waals surface area (Å²) < 4.78 is 28.1. The first-order valence-corrected chi connectivity index (χ1v) is 7.55. The Kier molecular flexibility index (Phi) is 4.12. The molecule has 4 nitrogen and oxygen atoms in total. The summed E-state index contributed by atoms with van der Waals surface area (Å²) in [4.78, 5) is 11.2. The second-order valence-electron chi connectivity index (χ2n) is 5.06. The van der Waals surface area contributed by atoms with Crippen LogP contribution in [0, 0.1) is 11.6 Å². The molecule has 1 aliphatic rings. The fourth-order valence-corrected chi connectivity index (χ4v) is 2.74. The smallest absolute Gasteiger partial charge is 0.352 e. The van der Waals surface area contributed by atoms with E-state index < -0.39 is 23.6 Å². The third-order valence-electron chi connectivity index (χ3n) is 3.57. The average Bonchev–Trinajstić information content (AvgIpc) is 2.93. The molecule has 23 heavy (non-hydrogen) atoms. The summed E-state index contributed by atoms with van der Waals surface area (Å²) in [6, 6.07) is 9.90. The highest BCUT2D eigenvalue weighted by molar-refractivity contribution is 9.10. The fraction of sp³-hybridized carbons (Fsp3) is 0.125. The predicted octanol–water partition coefficient (Wildman–Crippen LogP) is 4.12. The molecule has 0 amide bonds. The number of rotatable bonds is 3. The maximum Gasteiger partial charge on any atom is 0.352 e. The Hall–Kier alpha value is -2.28. The van der Waals surface area contributed by atoms with E-state index >= 15 is 0 Å². The standard InChI is InChI=1S/C16H11BrF2N2O2/c17-10-3-1-9(2-4-10)15-8-13(16(22)23)20-21(15)14-6-5-11(18)7-12(14)19/h1-7,15H,8H2,(H,22,23). The number of halogens is 3. The van der Waals surface area contributed by atoms with Gasteiger partial charge in [0.1, 0.15) is 11.5 Å². The largest absolute Gasteiger partial charge is 0.477 e. The molecule has 0 radical (unpaired) electrons. The van der Waals surface area contributed by atoms with Crippen LogP contribution in [0.5, 0.6) is 0 Å². The number of hydrogen-bond acceptors (Lipinski definition) is 3. The number of anilines is 1. The van der Waals surface area contributed by atoms with Gasteiger partial charge in [-0.2, -0.15) is 5.10 Å². The summed E-state index contributed by atoms with van der Waals surface area (Å²) in [5.74, 6) is -2.65. The van der Waals surface area contributed by atoms with Crippen LogP contribution in [0.1, 0.15) is 18.0 Å². The Morgan fingerprint density at radius 1 is 1.22 bits per heavy atom. The summed E-state index contributed by atoms with van der Waals surface area (Å²) in [6.07, 6.45) is 0.133. The molecule has 0 fully saturated rings. The molecular formula is C16H11BrF2N2O2. The maximum absolute atomic E-state index is 14.1. The lowest BCUT2D eigenvalue weighted by atomic mass is 10.0. The van der Waals surface area contributed by atoms with Gasteiger partial charge in [0, 0.05) is 17.0 Å². The van der Waals surface area contributed by atoms with Gasteiger partial charge in [0.25, 0.3) is 0 Å². The summed E-state index contributed by atoms with van der Waals surface area (Å²) >= 11 is 3.33. The third kappa shape index (κ3) is 3.10. The van der Waals surface area contributed by atoms with Crippen LogP contribution in [0.3, 0.4) is 0 Å². The molecular weight excluding hydrogens is 370 g/mol. The molecule has 1 N–H and O–H groups in total. The quantitative estimate of drug-likeness (QED) is 0.871. The van der Waals surface area contributed by atoms with E-state index in [2.05, 4.69) is 21.0 Å². The predicted molar refractivity (Wildman–Crippen MR) is 85.4 cm³/mol.